The number of carbonyl (C=O) groups is 1. The molecule has 0 saturated heterocycles. The van der Waals surface area contributed by atoms with Crippen molar-refractivity contribution in [3.05, 3.63) is 89.4 Å². The molecule has 0 fully saturated rings. The number of alkyl halides is 1. The van der Waals surface area contributed by atoms with Crippen LogP contribution >= 0.6 is 0 Å². The van der Waals surface area contributed by atoms with Crippen molar-refractivity contribution in [3.8, 4) is 16.9 Å². The second-order valence-corrected chi connectivity index (χ2v) is 14.0. The zero-order chi connectivity index (χ0) is 33.7. The van der Waals surface area contributed by atoms with Gasteiger partial charge in [0.15, 0.2) is 0 Å². The number of hydrogen-bond acceptors (Lipinski definition) is 6. The number of furan rings is 1. The number of esters is 1. The first kappa shape index (κ1) is 37.1. The highest BCUT2D eigenvalue weighted by Gasteiger charge is 2.31. The molecule has 0 aliphatic carbocycles. The van der Waals surface area contributed by atoms with E-state index in [4.69, 9.17) is 13.9 Å². The van der Waals surface area contributed by atoms with Gasteiger partial charge in [-0.25, -0.2) is 8.78 Å². The van der Waals surface area contributed by atoms with Crippen LogP contribution in [0.15, 0.2) is 71.3 Å². The molecule has 1 heterocycles. The van der Waals surface area contributed by atoms with Crippen LogP contribution in [0.1, 0.15) is 90.0 Å². The molecule has 6 nitrogen and oxygen atoms in total. The molecule has 4 aromatic rings. The fourth-order valence-electron chi connectivity index (χ4n) is 4.76. The summed E-state index contributed by atoms with van der Waals surface area (Å²) in [6.07, 6.45) is 7.14. The van der Waals surface area contributed by atoms with E-state index < -0.39 is 34.6 Å². The Labute approximate surface area is 275 Å². The van der Waals surface area contributed by atoms with E-state index in [2.05, 4.69) is 18.6 Å². The molecule has 0 spiro atoms. The average molecular weight is 656 g/mol. The van der Waals surface area contributed by atoms with E-state index >= 15 is 4.39 Å². The monoisotopic (exact) mass is 655 g/mol. The Balaban J connectivity index is 0.000000875. The van der Waals surface area contributed by atoms with Crippen LogP contribution in [0.2, 0.25) is 0 Å². The van der Waals surface area contributed by atoms with Crippen LogP contribution in [-0.4, -0.2) is 28.6 Å². The third-order valence-electron chi connectivity index (χ3n) is 7.23. The third-order valence-corrected chi connectivity index (χ3v) is 8.84. The summed E-state index contributed by atoms with van der Waals surface area (Å²) in [7, 11) is 0. The van der Waals surface area contributed by atoms with Gasteiger partial charge in [-0.05, 0) is 57.5 Å². The predicted molar refractivity (Wildman–Crippen MR) is 182 cm³/mol. The van der Waals surface area contributed by atoms with Crippen molar-refractivity contribution in [1.82, 2.24) is 4.72 Å². The van der Waals surface area contributed by atoms with Gasteiger partial charge in [-0.3, -0.25) is 4.79 Å². The second-order valence-electron chi connectivity index (χ2n) is 12.0. The van der Waals surface area contributed by atoms with E-state index in [-0.39, 0.29) is 30.1 Å². The smallest absolute Gasteiger partial charge is 0.310 e. The zero-order valence-electron chi connectivity index (χ0n) is 27.8. The molecule has 0 aliphatic rings. The molecule has 2 atom stereocenters. The summed E-state index contributed by atoms with van der Waals surface area (Å²) in [4.78, 5) is 12.0. The summed E-state index contributed by atoms with van der Waals surface area (Å²) < 4.78 is 61.6. The molecular formula is C37H47F2NO5S. The molecule has 0 amide bonds. The molecule has 1 aromatic heterocycles. The number of rotatable bonds is 14. The van der Waals surface area contributed by atoms with E-state index in [9.17, 15) is 13.7 Å². The number of hydrogen-bond donors (Lipinski definition) is 1. The van der Waals surface area contributed by atoms with E-state index in [0.717, 1.165) is 10.9 Å². The molecule has 0 saturated carbocycles. The van der Waals surface area contributed by atoms with Crippen LogP contribution in [0.25, 0.3) is 22.1 Å². The maximum Gasteiger partial charge on any atom is 0.310 e. The summed E-state index contributed by atoms with van der Waals surface area (Å²) in [5.74, 6) is -0.427. The van der Waals surface area contributed by atoms with Crippen LogP contribution in [0, 0.1) is 5.82 Å². The van der Waals surface area contributed by atoms with Crippen LogP contribution < -0.4 is 9.46 Å². The highest BCUT2D eigenvalue weighted by atomic mass is 32.2. The predicted octanol–water partition coefficient (Wildman–Crippen LogP) is 9.57. The van der Waals surface area contributed by atoms with E-state index in [1.54, 1.807) is 64.1 Å². The summed E-state index contributed by atoms with van der Waals surface area (Å²) in [6, 6.07) is 16.3. The summed E-state index contributed by atoms with van der Waals surface area (Å²) in [5.41, 5.74) is 2.70. The van der Waals surface area contributed by atoms with Crippen molar-refractivity contribution in [2.75, 3.05) is 13.3 Å². The quantitative estimate of drug-likeness (QED) is 0.0828. The Bertz CT molecular complexity index is 1530. The SMILES string of the molecule is CCCCCC.CCOC(=O)Cc1ccccc1OCc1cc(-c2cccc(C(CF)N[S@+]([O-])C(C)(C)C)c2F)c2occc2c1. The van der Waals surface area contributed by atoms with Crippen LogP contribution in [0.4, 0.5) is 8.78 Å². The van der Waals surface area contributed by atoms with Gasteiger partial charge in [0, 0.05) is 39.0 Å². The van der Waals surface area contributed by atoms with Crippen molar-refractivity contribution in [1.29, 1.82) is 0 Å². The lowest BCUT2D eigenvalue weighted by molar-refractivity contribution is -0.142. The molecule has 46 heavy (non-hydrogen) atoms. The van der Waals surface area contributed by atoms with Gasteiger partial charge in [-0.2, -0.15) is 0 Å². The first-order valence-corrected chi connectivity index (χ1v) is 17.1. The van der Waals surface area contributed by atoms with Gasteiger partial charge in [0.05, 0.1) is 19.3 Å². The molecule has 1 unspecified atom stereocenters. The second kappa shape index (κ2) is 18.1. The normalized spacial score (nSPS) is 12.7. The number of para-hydroxylation sites is 1. The van der Waals surface area contributed by atoms with E-state index in [1.807, 2.05) is 18.2 Å². The van der Waals surface area contributed by atoms with Crippen molar-refractivity contribution in [2.45, 2.75) is 91.0 Å². The van der Waals surface area contributed by atoms with E-state index in [1.165, 1.54) is 38.0 Å². The fraction of sp³-hybridized carbons (Fsp3) is 0.432. The minimum atomic E-state index is -1.60. The highest BCUT2D eigenvalue weighted by molar-refractivity contribution is 7.90. The molecule has 0 bridgehead atoms. The van der Waals surface area contributed by atoms with Crippen LogP contribution in [-0.2, 0) is 33.9 Å². The Morgan fingerprint density at radius 1 is 1.00 bits per heavy atom. The van der Waals surface area contributed by atoms with Gasteiger partial charge in [0.1, 0.15) is 41.2 Å². The summed E-state index contributed by atoms with van der Waals surface area (Å²) >= 11 is -1.60. The van der Waals surface area contributed by atoms with Gasteiger partial charge in [0.25, 0.3) is 0 Å². The number of nitrogens with one attached hydrogen (secondary N) is 1. The molecule has 4 rings (SSSR count). The highest BCUT2D eigenvalue weighted by Crippen LogP contribution is 2.36. The van der Waals surface area contributed by atoms with E-state index in [0.29, 0.717) is 29.1 Å². The first-order valence-electron chi connectivity index (χ1n) is 15.9. The molecule has 0 radical (unpaired) electrons. The third kappa shape index (κ3) is 10.3. The molecule has 0 aliphatic heterocycles. The standard InChI is InChI=1S/C31H33F2NO5S.C6H14/c1-5-37-28(35)17-21-9-6-7-12-27(21)39-19-20-15-22-13-14-38-30(22)25(16-20)23-10-8-11-24(29(23)33)26(18-32)34-40(36)31(2,3)4;1-3-5-6-4-2/h6-16,26,34H,5,17-19H2,1-4H3;3-6H2,1-2H3/t26?,40-;/m1./s1. The minimum absolute atomic E-state index is 0.0758. The maximum atomic E-state index is 16.0. The van der Waals surface area contributed by atoms with Crippen molar-refractivity contribution in [2.24, 2.45) is 0 Å². The van der Waals surface area contributed by atoms with Crippen molar-refractivity contribution in [3.63, 3.8) is 0 Å². The number of fused-ring (bicyclic) bond motifs is 1. The van der Waals surface area contributed by atoms with Gasteiger partial charge >= 0.3 is 5.97 Å². The minimum Gasteiger partial charge on any atom is -0.598 e. The first-order chi connectivity index (χ1) is 22.0. The van der Waals surface area contributed by atoms with Gasteiger partial charge in [-0.1, -0.05) is 75.9 Å². The van der Waals surface area contributed by atoms with Crippen molar-refractivity contribution < 1.29 is 32.0 Å². The number of halogens is 2. The lowest BCUT2D eigenvalue weighted by Crippen LogP contribution is -2.42. The summed E-state index contributed by atoms with van der Waals surface area (Å²) in [6.45, 7) is 11.0. The fourth-order valence-corrected chi connectivity index (χ4v) is 5.56. The average Bonchev–Trinajstić information content (AvgIpc) is 3.51. The lowest BCUT2D eigenvalue weighted by Gasteiger charge is -2.27. The number of unbranched alkanes of at least 4 members (excludes halogenated alkanes) is 3. The Hall–Kier alpha value is -3.40. The summed E-state index contributed by atoms with van der Waals surface area (Å²) in [5, 5.41) is 0.745. The molecule has 250 valence electrons. The molecule has 3 aromatic carbocycles. The number of ether oxygens (including phenoxy) is 2. The zero-order valence-corrected chi connectivity index (χ0v) is 28.6. The van der Waals surface area contributed by atoms with Gasteiger partial charge in [-0.15, -0.1) is 4.72 Å². The molecular weight excluding hydrogens is 608 g/mol. The van der Waals surface area contributed by atoms with Crippen LogP contribution in [0.3, 0.4) is 0 Å². The largest absolute Gasteiger partial charge is 0.598 e. The maximum absolute atomic E-state index is 16.0. The van der Waals surface area contributed by atoms with Crippen LogP contribution in [0.5, 0.6) is 5.75 Å². The Morgan fingerprint density at radius 2 is 1.72 bits per heavy atom. The van der Waals surface area contributed by atoms with Crippen molar-refractivity contribution >= 4 is 28.3 Å². The number of carbonyl (C=O) groups excluding carboxylic acids is 1. The number of benzene rings is 3. The molecule has 9 heteroatoms. The van der Waals surface area contributed by atoms with Gasteiger partial charge < -0.3 is 18.4 Å². The Kier molecular flexibility index (Phi) is 14.6. The lowest BCUT2D eigenvalue weighted by atomic mass is 9.96. The van der Waals surface area contributed by atoms with Gasteiger partial charge in [0.2, 0.25) is 0 Å². The topological polar surface area (TPSA) is 83.8 Å². The molecule has 1 N–H and O–H groups in total. The Morgan fingerprint density at radius 3 is 2.37 bits per heavy atom.